The van der Waals surface area contributed by atoms with Gasteiger partial charge in [-0.2, -0.15) is 0 Å². The number of ether oxygens (including phenoxy) is 2. The summed E-state index contributed by atoms with van der Waals surface area (Å²) in [5.41, 5.74) is 0.134. The lowest BCUT2D eigenvalue weighted by Crippen LogP contribution is -2.24. The number of nitro groups is 1. The first-order valence-electron chi connectivity index (χ1n) is 8.15. The maximum atomic E-state index is 12.6. The lowest BCUT2D eigenvalue weighted by atomic mass is 10.2. The third-order valence-electron chi connectivity index (χ3n) is 4.11. The van der Waals surface area contributed by atoms with Gasteiger partial charge in [-0.3, -0.25) is 14.9 Å². The highest BCUT2D eigenvalue weighted by Crippen LogP contribution is 2.37. The molecule has 2 heterocycles. The van der Waals surface area contributed by atoms with E-state index in [4.69, 9.17) is 21.1 Å². The van der Waals surface area contributed by atoms with Crippen molar-refractivity contribution in [2.45, 2.75) is 13.0 Å². The molecule has 0 aliphatic carbocycles. The number of fused-ring (bicyclic) bond motifs is 1. The number of halogens is 1. The quantitative estimate of drug-likeness (QED) is 0.353. The van der Waals surface area contributed by atoms with E-state index < -0.39 is 22.8 Å². The van der Waals surface area contributed by atoms with Crippen molar-refractivity contribution in [2.75, 3.05) is 19.5 Å². The van der Waals surface area contributed by atoms with Crippen LogP contribution in [0.5, 0.6) is 5.88 Å². The van der Waals surface area contributed by atoms with Crippen molar-refractivity contribution in [1.82, 2.24) is 9.78 Å². The van der Waals surface area contributed by atoms with Crippen molar-refractivity contribution < 1.29 is 24.0 Å². The van der Waals surface area contributed by atoms with Gasteiger partial charge in [0, 0.05) is 15.8 Å². The first-order valence-corrected chi connectivity index (χ1v) is 9.35. The molecule has 0 aliphatic heterocycles. The molecule has 1 aromatic carbocycles. The predicted octanol–water partition coefficient (Wildman–Crippen LogP) is 3.65. The third kappa shape index (κ3) is 3.87. The van der Waals surface area contributed by atoms with E-state index >= 15 is 0 Å². The van der Waals surface area contributed by atoms with Crippen LogP contribution in [0.25, 0.3) is 10.1 Å². The van der Waals surface area contributed by atoms with E-state index in [9.17, 15) is 19.7 Å². The van der Waals surface area contributed by atoms with E-state index in [1.165, 1.54) is 14.2 Å². The lowest BCUT2D eigenvalue weighted by molar-refractivity contribution is -0.385. The fraction of sp³-hybridized carbons (Fsp3) is 0.235. The molecule has 0 radical (unpaired) electrons. The van der Waals surface area contributed by atoms with Gasteiger partial charge in [-0.15, -0.1) is 16.4 Å². The largest absolute Gasteiger partial charge is 0.475 e. The van der Waals surface area contributed by atoms with Gasteiger partial charge in [-0.05, 0) is 25.1 Å². The summed E-state index contributed by atoms with van der Waals surface area (Å²) < 4.78 is 11.4. The fourth-order valence-electron chi connectivity index (χ4n) is 2.57. The minimum atomic E-state index is -0.842. The Morgan fingerprint density at radius 3 is 2.69 bits per heavy atom. The first kappa shape index (κ1) is 20.6. The van der Waals surface area contributed by atoms with Crippen LogP contribution in [-0.4, -0.2) is 40.8 Å². The smallest absolute Gasteiger partial charge is 0.350 e. The Morgan fingerprint density at radius 2 is 2.10 bits per heavy atom. The summed E-state index contributed by atoms with van der Waals surface area (Å²) in [6, 6.07) is 4.15. The summed E-state index contributed by atoms with van der Waals surface area (Å²) in [5, 5.41) is 18.6. The number of hydrogen-bond acceptors (Lipinski definition) is 8. The molecule has 1 atom stereocenters. The molecule has 0 aliphatic rings. The maximum absolute atomic E-state index is 12.6. The SMILES string of the molecule is COC(=O)c1sc2cc(NC(=O)C(C)n3cc([N+](=O)[O-])c(OC)n3)ccc2c1Cl. The highest BCUT2D eigenvalue weighted by molar-refractivity contribution is 7.21. The summed E-state index contributed by atoms with van der Waals surface area (Å²) in [5.74, 6) is -1.16. The zero-order chi connectivity index (χ0) is 21.3. The van der Waals surface area contributed by atoms with Gasteiger partial charge >= 0.3 is 17.5 Å². The molecule has 0 bridgehead atoms. The molecule has 12 heteroatoms. The zero-order valence-electron chi connectivity index (χ0n) is 15.5. The number of carbonyl (C=O) groups excluding carboxylic acids is 2. The highest BCUT2D eigenvalue weighted by Gasteiger charge is 2.25. The second-order valence-electron chi connectivity index (χ2n) is 5.87. The number of nitrogens with one attached hydrogen (secondary N) is 1. The van der Waals surface area contributed by atoms with Crippen LogP contribution in [0.15, 0.2) is 24.4 Å². The molecule has 2 aromatic heterocycles. The van der Waals surface area contributed by atoms with Crippen molar-refractivity contribution in [2.24, 2.45) is 0 Å². The summed E-state index contributed by atoms with van der Waals surface area (Å²) >= 11 is 7.37. The van der Waals surface area contributed by atoms with Crippen LogP contribution in [0.3, 0.4) is 0 Å². The summed E-state index contributed by atoms with van der Waals surface area (Å²) in [7, 11) is 2.53. The molecular formula is C17H15ClN4O6S. The molecule has 1 N–H and O–H groups in total. The molecule has 3 rings (SSSR count). The van der Waals surface area contributed by atoms with Gasteiger partial charge in [0.05, 0.1) is 24.2 Å². The molecule has 0 spiro atoms. The van der Waals surface area contributed by atoms with Crippen molar-refractivity contribution in [1.29, 1.82) is 0 Å². The molecule has 152 valence electrons. The Bertz CT molecular complexity index is 1120. The van der Waals surface area contributed by atoms with Gasteiger partial charge in [-0.1, -0.05) is 11.6 Å². The third-order valence-corrected chi connectivity index (χ3v) is 5.75. The van der Waals surface area contributed by atoms with Crippen LogP contribution < -0.4 is 10.1 Å². The number of carbonyl (C=O) groups is 2. The second kappa shape index (κ2) is 8.05. The number of thiophene rings is 1. The zero-order valence-corrected chi connectivity index (χ0v) is 17.0. The maximum Gasteiger partial charge on any atom is 0.350 e. The Morgan fingerprint density at radius 1 is 1.38 bits per heavy atom. The Hall–Kier alpha value is -3.18. The number of benzene rings is 1. The van der Waals surface area contributed by atoms with Crippen LogP contribution in [0.2, 0.25) is 5.02 Å². The average Bonchev–Trinajstić information content (AvgIpc) is 3.28. The lowest BCUT2D eigenvalue weighted by Gasteiger charge is -2.12. The molecule has 29 heavy (non-hydrogen) atoms. The number of amides is 1. The van der Waals surface area contributed by atoms with E-state index in [1.807, 2.05) is 0 Å². The van der Waals surface area contributed by atoms with E-state index in [0.29, 0.717) is 20.8 Å². The van der Waals surface area contributed by atoms with Gasteiger partial charge in [-0.25, -0.2) is 9.48 Å². The van der Waals surface area contributed by atoms with Crippen molar-refractivity contribution >= 4 is 56.3 Å². The molecular weight excluding hydrogens is 424 g/mol. The van der Waals surface area contributed by atoms with Gasteiger partial charge in [0.15, 0.2) is 0 Å². The molecule has 0 saturated carbocycles. The van der Waals surface area contributed by atoms with E-state index in [0.717, 1.165) is 22.2 Å². The minimum absolute atomic E-state index is 0.181. The van der Waals surface area contributed by atoms with Crippen molar-refractivity contribution in [3.05, 3.63) is 44.4 Å². The predicted molar refractivity (Wildman–Crippen MR) is 107 cm³/mol. The van der Waals surface area contributed by atoms with E-state index in [2.05, 4.69) is 10.4 Å². The second-order valence-corrected chi connectivity index (χ2v) is 7.30. The van der Waals surface area contributed by atoms with Crippen LogP contribution in [0.4, 0.5) is 11.4 Å². The Labute approximate surface area is 173 Å². The standard InChI is InChI=1S/C17H15ClN4O6S/c1-8(21-7-11(22(25)26)16(20-21)27-2)15(23)19-9-4-5-10-12(6-9)29-14(13(10)18)17(24)28-3/h4-8H,1-3H3,(H,19,23). The highest BCUT2D eigenvalue weighted by atomic mass is 35.5. The summed E-state index contributed by atoms with van der Waals surface area (Å²) in [6.07, 6.45) is 1.13. The molecule has 1 amide bonds. The van der Waals surface area contributed by atoms with Gasteiger partial charge in [0.25, 0.3) is 0 Å². The number of hydrogen-bond donors (Lipinski definition) is 1. The van der Waals surface area contributed by atoms with Crippen LogP contribution >= 0.6 is 22.9 Å². The number of rotatable bonds is 6. The summed E-state index contributed by atoms with van der Waals surface area (Å²) in [6.45, 7) is 1.54. The van der Waals surface area contributed by atoms with Gasteiger partial charge in [0.1, 0.15) is 17.1 Å². The fourth-order valence-corrected chi connectivity index (χ4v) is 4.03. The normalized spacial score (nSPS) is 11.9. The number of anilines is 1. The Balaban J connectivity index is 1.84. The first-order chi connectivity index (χ1) is 13.8. The van der Waals surface area contributed by atoms with Crippen LogP contribution in [0, 0.1) is 10.1 Å². The van der Waals surface area contributed by atoms with Crippen molar-refractivity contribution in [3.8, 4) is 5.88 Å². The molecule has 0 fully saturated rings. The van der Waals surface area contributed by atoms with Gasteiger partial charge < -0.3 is 14.8 Å². The van der Waals surface area contributed by atoms with E-state index in [-0.39, 0.29) is 16.4 Å². The van der Waals surface area contributed by atoms with Crippen molar-refractivity contribution in [3.63, 3.8) is 0 Å². The Kier molecular flexibility index (Phi) is 5.71. The molecule has 1 unspecified atom stereocenters. The van der Waals surface area contributed by atoms with Gasteiger partial charge in [0.2, 0.25) is 5.91 Å². The average molecular weight is 439 g/mol. The number of nitrogens with zero attached hydrogens (tertiary/aromatic N) is 3. The number of esters is 1. The number of aromatic nitrogens is 2. The minimum Gasteiger partial charge on any atom is -0.475 e. The van der Waals surface area contributed by atoms with Crippen LogP contribution in [0.1, 0.15) is 22.6 Å². The number of methoxy groups -OCH3 is 2. The molecule has 10 nitrogen and oxygen atoms in total. The molecule has 0 saturated heterocycles. The summed E-state index contributed by atoms with van der Waals surface area (Å²) in [4.78, 5) is 35.0. The molecule has 3 aromatic rings. The monoisotopic (exact) mass is 438 g/mol. The van der Waals surface area contributed by atoms with E-state index in [1.54, 1.807) is 25.1 Å². The van der Waals surface area contributed by atoms with Crippen LogP contribution in [-0.2, 0) is 9.53 Å². The topological polar surface area (TPSA) is 126 Å².